The number of unbranched alkanes of at least 4 members (excludes halogenated alkanes) is 1. The molecule has 0 radical (unpaired) electrons. The van der Waals surface area contributed by atoms with E-state index >= 15 is 0 Å². The fraction of sp³-hybridized carbons (Fsp3) is 0.857. The van der Waals surface area contributed by atoms with E-state index in [1.54, 1.807) is 0 Å². The van der Waals surface area contributed by atoms with Gasteiger partial charge in [0.2, 0.25) is 0 Å². The van der Waals surface area contributed by atoms with Gasteiger partial charge in [-0.15, -0.1) is 11.6 Å². The third-order valence-electron chi connectivity index (χ3n) is 1.51. The lowest BCUT2D eigenvalue weighted by Gasteiger charge is -2.07. The average Bonchev–Trinajstić information content (AvgIpc) is 1.99. The first kappa shape index (κ1) is 12.7. The molecule has 0 aliphatic rings. The van der Waals surface area contributed by atoms with Crippen molar-refractivity contribution in [3.05, 3.63) is 0 Å². The van der Waals surface area contributed by atoms with E-state index in [4.69, 9.17) is 16.7 Å². The molecule has 0 aliphatic carbocycles. The molecule has 0 rings (SSSR count). The number of aliphatic carboxylic acids is 1. The first-order chi connectivity index (χ1) is 5.90. The molecule has 0 aromatic rings. The van der Waals surface area contributed by atoms with Crippen molar-refractivity contribution in [2.24, 2.45) is 0 Å². The Morgan fingerprint density at radius 3 is 2.46 bits per heavy atom. The van der Waals surface area contributed by atoms with E-state index in [9.17, 15) is 13.2 Å². The van der Waals surface area contributed by atoms with Crippen molar-refractivity contribution >= 4 is 27.4 Å². The van der Waals surface area contributed by atoms with Crippen LogP contribution < -0.4 is 0 Å². The summed E-state index contributed by atoms with van der Waals surface area (Å²) >= 11 is 5.43. The van der Waals surface area contributed by atoms with Crippen LogP contribution in [0.4, 0.5) is 0 Å². The van der Waals surface area contributed by atoms with Gasteiger partial charge in [-0.05, 0) is 6.42 Å². The van der Waals surface area contributed by atoms with Gasteiger partial charge in [0.15, 0.2) is 9.84 Å². The molecule has 0 fully saturated rings. The van der Waals surface area contributed by atoms with Crippen molar-refractivity contribution in [2.75, 3.05) is 5.75 Å². The normalized spacial score (nSPS) is 14.0. The molecule has 0 saturated carbocycles. The number of hydrogen-bond donors (Lipinski definition) is 1. The number of carboxylic acid groups (broad SMARTS) is 1. The zero-order valence-corrected chi connectivity index (χ0v) is 8.94. The predicted octanol–water partition coefficient (Wildman–Crippen LogP) is 1.24. The summed E-state index contributed by atoms with van der Waals surface area (Å²) in [5.41, 5.74) is 0. The van der Waals surface area contributed by atoms with Crippen LogP contribution in [0, 0.1) is 0 Å². The Bertz CT molecular complexity index is 260. The van der Waals surface area contributed by atoms with Crippen molar-refractivity contribution in [1.82, 2.24) is 0 Å². The Labute approximate surface area is 82.8 Å². The summed E-state index contributed by atoms with van der Waals surface area (Å²) in [5.74, 6) is -1.23. The smallest absolute Gasteiger partial charge is 0.305 e. The van der Waals surface area contributed by atoms with E-state index in [-0.39, 0.29) is 5.75 Å². The summed E-state index contributed by atoms with van der Waals surface area (Å²) in [7, 11) is -3.43. The largest absolute Gasteiger partial charge is 0.481 e. The lowest BCUT2D eigenvalue weighted by Crippen LogP contribution is -2.21. The minimum atomic E-state index is -3.43. The number of carboxylic acids is 1. The fourth-order valence-electron chi connectivity index (χ4n) is 0.738. The molecular formula is C7H13ClO4S. The van der Waals surface area contributed by atoms with Crippen molar-refractivity contribution < 1.29 is 18.3 Å². The lowest BCUT2D eigenvalue weighted by atomic mass is 10.4. The molecular weight excluding hydrogens is 216 g/mol. The van der Waals surface area contributed by atoms with Gasteiger partial charge in [-0.25, -0.2) is 8.42 Å². The lowest BCUT2D eigenvalue weighted by molar-refractivity contribution is -0.136. The fourth-order valence-corrected chi connectivity index (χ4v) is 2.48. The maximum absolute atomic E-state index is 11.2. The molecule has 0 aliphatic heterocycles. The maximum Gasteiger partial charge on any atom is 0.305 e. The summed E-state index contributed by atoms with van der Waals surface area (Å²) in [6.07, 6.45) is 0.731. The number of hydrogen-bond acceptors (Lipinski definition) is 3. The van der Waals surface area contributed by atoms with Crippen LogP contribution in [-0.4, -0.2) is 30.0 Å². The summed E-state index contributed by atoms with van der Waals surface area (Å²) < 4.78 is 21.2. The van der Waals surface area contributed by atoms with E-state index in [1.165, 1.54) is 0 Å². The number of sulfone groups is 1. The first-order valence-electron chi connectivity index (χ1n) is 3.97. The summed E-state index contributed by atoms with van der Waals surface area (Å²) in [4.78, 5) is 10.2. The second-order valence-electron chi connectivity index (χ2n) is 2.73. The standard InChI is InChI=1S/C7H13ClO4S/c1-2-3-4-13(11,12)6(8)5-7(9)10/h6H,2-5H2,1H3,(H,9,10). The predicted molar refractivity (Wildman–Crippen MR) is 50.6 cm³/mol. The van der Waals surface area contributed by atoms with E-state index < -0.39 is 26.9 Å². The van der Waals surface area contributed by atoms with Crippen molar-refractivity contribution in [3.63, 3.8) is 0 Å². The second kappa shape index (κ2) is 5.44. The highest BCUT2D eigenvalue weighted by Crippen LogP contribution is 2.13. The van der Waals surface area contributed by atoms with Gasteiger partial charge in [0.25, 0.3) is 0 Å². The molecule has 1 N–H and O–H groups in total. The number of halogens is 1. The van der Waals surface area contributed by atoms with E-state index in [1.807, 2.05) is 6.92 Å². The van der Waals surface area contributed by atoms with E-state index in [2.05, 4.69) is 0 Å². The third kappa shape index (κ3) is 5.10. The summed E-state index contributed by atoms with van der Waals surface area (Å²) in [6.45, 7) is 1.86. The molecule has 0 aromatic heterocycles. The van der Waals surface area contributed by atoms with Gasteiger partial charge in [-0.1, -0.05) is 13.3 Å². The Kier molecular flexibility index (Phi) is 5.32. The molecule has 6 heteroatoms. The molecule has 0 amide bonds. The molecule has 1 unspecified atom stereocenters. The highest BCUT2D eigenvalue weighted by atomic mass is 35.5. The summed E-state index contributed by atoms with van der Waals surface area (Å²) in [6, 6.07) is 0. The Morgan fingerprint density at radius 1 is 1.54 bits per heavy atom. The molecule has 1 atom stereocenters. The van der Waals surface area contributed by atoms with Crippen LogP contribution in [-0.2, 0) is 14.6 Å². The monoisotopic (exact) mass is 228 g/mol. The van der Waals surface area contributed by atoms with Crippen LogP contribution in [0.15, 0.2) is 0 Å². The van der Waals surface area contributed by atoms with E-state index in [0.29, 0.717) is 6.42 Å². The van der Waals surface area contributed by atoms with Gasteiger partial charge in [0.05, 0.1) is 12.2 Å². The van der Waals surface area contributed by atoms with Crippen LogP contribution in [0.5, 0.6) is 0 Å². The Morgan fingerprint density at radius 2 is 2.08 bits per heavy atom. The van der Waals surface area contributed by atoms with Crippen molar-refractivity contribution in [3.8, 4) is 0 Å². The highest BCUT2D eigenvalue weighted by molar-refractivity contribution is 7.93. The molecule has 4 nitrogen and oxygen atoms in total. The van der Waals surface area contributed by atoms with Gasteiger partial charge >= 0.3 is 5.97 Å². The molecule has 13 heavy (non-hydrogen) atoms. The quantitative estimate of drug-likeness (QED) is 0.695. The minimum absolute atomic E-state index is 0.0368. The first-order valence-corrected chi connectivity index (χ1v) is 6.12. The average molecular weight is 229 g/mol. The van der Waals surface area contributed by atoms with E-state index in [0.717, 1.165) is 6.42 Å². The number of rotatable bonds is 6. The van der Waals surface area contributed by atoms with Crippen LogP contribution in [0.25, 0.3) is 0 Å². The number of carbonyl (C=O) groups is 1. The minimum Gasteiger partial charge on any atom is -0.481 e. The SMILES string of the molecule is CCCCS(=O)(=O)C(Cl)CC(=O)O. The molecule has 0 bridgehead atoms. The van der Waals surface area contributed by atoms with Gasteiger partial charge < -0.3 is 5.11 Å². The van der Waals surface area contributed by atoms with Crippen molar-refractivity contribution in [1.29, 1.82) is 0 Å². The van der Waals surface area contributed by atoms with Gasteiger partial charge in [0.1, 0.15) is 4.71 Å². The third-order valence-corrected chi connectivity index (χ3v) is 4.28. The van der Waals surface area contributed by atoms with Crippen LogP contribution >= 0.6 is 11.6 Å². The Hall–Kier alpha value is -0.290. The van der Waals surface area contributed by atoms with Crippen LogP contribution in [0.3, 0.4) is 0 Å². The molecule has 0 heterocycles. The van der Waals surface area contributed by atoms with Gasteiger partial charge in [-0.3, -0.25) is 4.79 Å². The van der Waals surface area contributed by atoms with Gasteiger partial charge in [-0.2, -0.15) is 0 Å². The maximum atomic E-state index is 11.2. The zero-order valence-electron chi connectivity index (χ0n) is 7.36. The molecule has 0 saturated heterocycles. The number of alkyl halides is 1. The highest BCUT2D eigenvalue weighted by Gasteiger charge is 2.24. The topological polar surface area (TPSA) is 71.4 Å². The van der Waals surface area contributed by atoms with Crippen LogP contribution in [0.2, 0.25) is 0 Å². The Balaban J connectivity index is 4.20. The van der Waals surface area contributed by atoms with Crippen molar-refractivity contribution in [2.45, 2.75) is 30.9 Å². The molecule has 78 valence electrons. The zero-order chi connectivity index (χ0) is 10.5. The second-order valence-corrected chi connectivity index (χ2v) is 5.82. The van der Waals surface area contributed by atoms with Crippen LogP contribution in [0.1, 0.15) is 26.2 Å². The summed E-state index contributed by atoms with van der Waals surface area (Å²) in [5, 5.41) is 8.32. The molecule has 0 aromatic carbocycles. The van der Waals surface area contributed by atoms with Gasteiger partial charge in [0, 0.05) is 0 Å². The molecule has 0 spiro atoms.